The Morgan fingerprint density at radius 3 is 2.00 bits per heavy atom. The summed E-state index contributed by atoms with van der Waals surface area (Å²) in [5, 5.41) is 10.3. The zero-order valence-corrected chi connectivity index (χ0v) is 15.0. The number of aryl methyl sites for hydroxylation is 2. The molecule has 2 amide bonds. The van der Waals surface area contributed by atoms with Gasteiger partial charge in [-0.25, -0.2) is 4.90 Å². The van der Waals surface area contributed by atoms with Gasteiger partial charge in [-0.05, 0) is 30.5 Å². The molecule has 1 aliphatic rings. The lowest BCUT2D eigenvalue weighted by Crippen LogP contribution is -2.31. The third-order valence-electron chi connectivity index (χ3n) is 4.45. The molecule has 6 heteroatoms. The number of carbonyl (C=O) groups is 2. The first kappa shape index (κ1) is 17.5. The lowest BCUT2D eigenvalue weighted by Gasteiger charge is -2.17. The van der Waals surface area contributed by atoms with Crippen LogP contribution in [0.5, 0.6) is 11.5 Å². The standard InChI is InChI=1S/C20H19NO5/c1-11-5-6-13(7-12(11)2)17-18(22)20(24)21(19(17)23)14-8-15(25-3)10-16(9-14)26-4/h5-10,22H,1-4H3. The molecule has 0 saturated heterocycles. The number of hydrogen-bond acceptors (Lipinski definition) is 5. The van der Waals surface area contributed by atoms with E-state index in [-0.39, 0.29) is 11.3 Å². The second kappa shape index (κ2) is 6.55. The molecule has 2 aromatic carbocycles. The van der Waals surface area contributed by atoms with Gasteiger partial charge in [0.1, 0.15) is 11.5 Å². The first-order valence-corrected chi connectivity index (χ1v) is 8.00. The van der Waals surface area contributed by atoms with E-state index in [2.05, 4.69) is 0 Å². The minimum atomic E-state index is -0.779. The Hall–Kier alpha value is -3.28. The molecule has 0 atom stereocenters. The molecule has 3 rings (SSSR count). The maximum Gasteiger partial charge on any atom is 0.301 e. The van der Waals surface area contributed by atoms with E-state index in [9.17, 15) is 14.7 Å². The van der Waals surface area contributed by atoms with Gasteiger partial charge in [-0.15, -0.1) is 0 Å². The van der Waals surface area contributed by atoms with Crippen LogP contribution in [0, 0.1) is 13.8 Å². The van der Waals surface area contributed by atoms with Gasteiger partial charge in [0.25, 0.3) is 5.91 Å². The molecule has 134 valence electrons. The van der Waals surface area contributed by atoms with Crippen LogP contribution in [0.15, 0.2) is 42.2 Å². The molecule has 1 N–H and O–H groups in total. The smallest absolute Gasteiger partial charge is 0.301 e. The lowest BCUT2D eigenvalue weighted by atomic mass is 10.00. The minimum absolute atomic E-state index is 0.0140. The van der Waals surface area contributed by atoms with E-state index < -0.39 is 17.6 Å². The van der Waals surface area contributed by atoms with E-state index in [1.807, 2.05) is 19.9 Å². The number of aliphatic hydroxyl groups is 1. The van der Waals surface area contributed by atoms with Crippen molar-refractivity contribution in [3.8, 4) is 11.5 Å². The third-order valence-corrected chi connectivity index (χ3v) is 4.45. The van der Waals surface area contributed by atoms with Crippen LogP contribution >= 0.6 is 0 Å². The molecule has 26 heavy (non-hydrogen) atoms. The molecule has 0 bridgehead atoms. The Morgan fingerprint density at radius 2 is 1.46 bits per heavy atom. The molecule has 0 fully saturated rings. The molecule has 0 spiro atoms. The monoisotopic (exact) mass is 353 g/mol. The highest BCUT2D eigenvalue weighted by Gasteiger charge is 2.40. The summed E-state index contributed by atoms with van der Waals surface area (Å²) in [5.41, 5.74) is 2.77. The van der Waals surface area contributed by atoms with Crippen molar-refractivity contribution in [3.63, 3.8) is 0 Å². The fourth-order valence-corrected chi connectivity index (χ4v) is 2.83. The lowest BCUT2D eigenvalue weighted by molar-refractivity contribution is -0.121. The van der Waals surface area contributed by atoms with Crippen molar-refractivity contribution >= 4 is 23.1 Å². The second-order valence-corrected chi connectivity index (χ2v) is 6.04. The number of hydrogen-bond donors (Lipinski definition) is 1. The quantitative estimate of drug-likeness (QED) is 0.855. The molecular weight excluding hydrogens is 334 g/mol. The van der Waals surface area contributed by atoms with Gasteiger partial charge in [0, 0.05) is 18.2 Å². The molecule has 2 aromatic rings. The van der Waals surface area contributed by atoms with Crippen LogP contribution in [0.4, 0.5) is 5.69 Å². The van der Waals surface area contributed by atoms with Crippen molar-refractivity contribution in [1.82, 2.24) is 0 Å². The number of rotatable bonds is 4. The summed E-state index contributed by atoms with van der Waals surface area (Å²) < 4.78 is 10.4. The van der Waals surface area contributed by atoms with Gasteiger partial charge in [0.15, 0.2) is 5.76 Å². The highest BCUT2D eigenvalue weighted by atomic mass is 16.5. The van der Waals surface area contributed by atoms with Crippen molar-refractivity contribution in [2.45, 2.75) is 13.8 Å². The van der Waals surface area contributed by atoms with Gasteiger partial charge in [0.05, 0.1) is 25.5 Å². The minimum Gasteiger partial charge on any atom is -0.502 e. The van der Waals surface area contributed by atoms with Crippen molar-refractivity contribution in [2.24, 2.45) is 0 Å². The Balaban J connectivity index is 2.07. The summed E-state index contributed by atoms with van der Waals surface area (Å²) in [5.74, 6) is -1.08. The first-order valence-electron chi connectivity index (χ1n) is 8.00. The predicted octanol–water partition coefficient (Wildman–Crippen LogP) is 3.16. The largest absolute Gasteiger partial charge is 0.502 e. The summed E-state index contributed by atoms with van der Waals surface area (Å²) in [4.78, 5) is 26.4. The molecular formula is C20H19NO5. The maximum atomic E-state index is 12.9. The van der Waals surface area contributed by atoms with Crippen LogP contribution < -0.4 is 14.4 Å². The Bertz CT molecular complexity index is 923. The van der Waals surface area contributed by atoms with E-state index in [0.717, 1.165) is 16.0 Å². The van der Waals surface area contributed by atoms with E-state index in [0.29, 0.717) is 17.1 Å². The summed E-state index contributed by atoms with van der Waals surface area (Å²) in [7, 11) is 2.95. The van der Waals surface area contributed by atoms with Gasteiger partial charge in [0.2, 0.25) is 0 Å². The summed E-state index contributed by atoms with van der Waals surface area (Å²) in [6, 6.07) is 10.0. The molecule has 1 aliphatic heterocycles. The highest BCUT2D eigenvalue weighted by Crippen LogP contribution is 2.36. The van der Waals surface area contributed by atoms with Crippen LogP contribution in [0.25, 0.3) is 5.57 Å². The van der Waals surface area contributed by atoms with Gasteiger partial charge in [-0.3, -0.25) is 9.59 Å². The van der Waals surface area contributed by atoms with Crippen LogP contribution in [0.2, 0.25) is 0 Å². The zero-order valence-electron chi connectivity index (χ0n) is 15.0. The molecule has 6 nitrogen and oxygen atoms in total. The molecule has 0 aliphatic carbocycles. The number of aliphatic hydroxyl groups excluding tert-OH is 1. The van der Waals surface area contributed by atoms with Crippen LogP contribution in [0.3, 0.4) is 0 Å². The normalized spacial score (nSPS) is 14.2. The number of benzene rings is 2. The van der Waals surface area contributed by atoms with Crippen LogP contribution in [0.1, 0.15) is 16.7 Å². The summed E-state index contributed by atoms with van der Waals surface area (Å²) in [6.07, 6.45) is 0. The topological polar surface area (TPSA) is 76.1 Å². The zero-order chi connectivity index (χ0) is 19.0. The van der Waals surface area contributed by atoms with Crippen LogP contribution in [-0.4, -0.2) is 31.1 Å². The average Bonchev–Trinajstić information content (AvgIpc) is 2.86. The predicted molar refractivity (Wildman–Crippen MR) is 97.5 cm³/mol. The second-order valence-electron chi connectivity index (χ2n) is 6.04. The van der Waals surface area contributed by atoms with Gasteiger partial charge in [-0.2, -0.15) is 0 Å². The summed E-state index contributed by atoms with van der Waals surface area (Å²) in [6.45, 7) is 3.85. The number of methoxy groups -OCH3 is 2. The number of ether oxygens (including phenoxy) is 2. The Morgan fingerprint density at radius 1 is 0.846 bits per heavy atom. The average molecular weight is 353 g/mol. The Kier molecular flexibility index (Phi) is 4.42. The van der Waals surface area contributed by atoms with E-state index in [1.165, 1.54) is 26.4 Å². The van der Waals surface area contributed by atoms with Gasteiger partial charge in [-0.1, -0.05) is 18.2 Å². The Labute approximate surface area is 151 Å². The number of anilines is 1. The fourth-order valence-electron chi connectivity index (χ4n) is 2.83. The molecule has 0 aromatic heterocycles. The number of amides is 2. The maximum absolute atomic E-state index is 12.9. The van der Waals surface area contributed by atoms with Crippen molar-refractivity contribution in [1.29, 1.82) is 0 Å². The number of carbonyl (C=O) groups excluding carboxylic acids is 2. The molecule has 0 unspecified atom stereocenters. The fraction of sp³-hybridized carbons (Fsp3) is 0.200. The molecule has 0 radical (unpaired) electrons. The third kappa shape index (κ3) is 2.79. The molecule has 0 saturated carbocycles. The highest BCUT2D eigenvalue weighted by molar-refractivity contribution is 6.45. The van der Waals surface area contributed by atoms with Gasteiger partial charge < -0.3 is 14.6 Å². The van der Waals surface area contributed by atoms with E-state index >= 15 is 0 Å². The SMILES string of the molecule is COc1cc(OC)cc(N2C(=O)C(O)=C(c3ccc(C)c(C)c3)C2=O)c1. The van der Waals surface area contributed by atoms with Crippen molar-refractivity contribution in [3.05, 3.63) is 58.8 Å². The molecule has 1 heterocycles. The van der Waals surface area contributed by atoms with E-state index in [1.54, 1.807) is 18.2 Å². The van der Waals surface area contributed by atoms with Crippen molar-refractivity contribution < 1.29 is 24.2 Å². The van der Waals surface area contributed by atoms with Crippen molar-refractivity contribution in [2.75, 3.05) is 19.1 Å². The number of nitrogens with zero attached hydrogens (tertiary/aromatic N) is 1. The van der Waals surface area contributed by atoms with Gasteiger partial charge >= 0.3 is 5.91 Å². The number of imide groups is 1. The van der Waals surface area contributed by atoms with Crippen LogP contribution in [-0.2, 0) is 9.59 Å². The summed E-state index contributed by atoms with van der Waals surface area (Å²) >= 11 is 0. The first-order chi connectivity index (χ1) is 12.4. The van der Waals surface area contributed by atoms with E-state index in [4.69, 9.17) is 9.47 Å².